The topological polar surface area (TPSA) is 55.8 Å². The Kier molecular flexibility index (Phi) is 3.43. The van der Waals surface area contributed by atoms with Crippen molar-refractivity contribution in [3.8, 4) is 11.5 Å². The van der Waals surface area contributed by atoms with Crippen LogP contribution in [-0.2, 0) is 10.2 Å². The molecule has 1 fully saturated rings. The first-order chi connectivity index (χ1) is 8.97. The highest BCUT2D eigenvalue weighted by atomic mass is 16.5. The number of hydrogen-bond donors (Lipinski definition) is 1. The maximum atomic E-state index is 11.6. The van der Waals surface area contributed by atoms with Gasteiger partial charge in [0.15, 0.2) is 11.5 Å². The third kappa shape index (κ3) is 1.86. The molecule has 2 rings (SSSR count). The minimum Gasteiger partial charge on any atom is -0.493 e. The van der Waals surface area contributed by atoms with E-state index < -0.39 is 11.4 Å². The van der Waals surface area contributed by atoms with Gasteiger partial charge in [-0.2, -0.15) is 0 Å². The summed E-state index contributed by atoms with van der Waals surface area (Å²) in [5, 5.41) is 9.57. The maximum absolute atomic E-state index is 11.6. The molecule has 0 amide bonds. The molecule has 0 aromatic heterocycles. The molecular formula is C15H20O4. The van der Waals surface area contributed by atoms with Crippen LogP contribution in [0.2, 0.25) is 0 Å². The molecule has 0 aliphatic heterocycles. The third-order valence-electron chi connectivity index (χ3n) is 4.36. The van der Waals surface area contributed by atoms with Crippen molar-refractivity contribution in [2.45, 2.75) is 38.5 Å². The molecule has 19 heavy (non-hydrogen) atoms. The highest BCUT2D eigenvalue weighted by Gasteiger charge is 2.47. The number of hydrogen-bond acceptors (Lipinski definition) is 3. The van der Waals surface area contributed by atoms with Gasteiger partial charge < -0.3 is 14.6 Å². The number of rotatable bonds is 4. The summed E-state index contributed by atoms with van der Waals surface area (Å²) in [5.74, 6) is 0.546. The molecule has 0 radical (unpaired) electrons. The van der Waals surface area contributed by atoms with Gasteiger partial charge in [-0.25, -0.2) is 0 Å². The molecule has 1 aliphatic rings. The van der Waals surface area contributed by atoms with E-state index in [-0.39, 0.29) is 0 Å². The van der Waals surface area contributed by atoms with Gasteiger partial charge >= 0.3 is 5.97 Å². The maximum Gasteiger partial charge on any atom is 0.314 e. The summed E-state index contributed by atoms with van der Waals surface area (Å²) < 4.78 is 10.7. The molecule has 1 N–H and O–H groups in total. The summed E-state index contributed by atoms with van der Waals surface area (Å²) >= 11 is 0. The Morgan fingerprint density at radius 1 is 1.21 bits per heavy atom. The lowest BCUT2D eigenvalue weighted by Crippen LogP contribution is -2.43. The van der Waals surface area contributed by atoms with Crippen LogP contribution < -0.4 is 9.47 Å². The van der Waals surface area contributed by atoms with E-state index in [4.69, 9.17) is 9.47 Å². The van der Waals surface area contributed by atoms with Gasteiger partial charge in [-0.3, -0.25) is 4.79 Å². The molecule has 0 saturated heterocycles. The second-order valence-corrected chi connectivity index (χ2v) is 5.15. The van der Waals surface area contributed by atoms with E-state index in [2.05, 4.69) is 0 Å². The second kappa shape index (κ2) is 4.76. The summed E-state index contributed by atoms with van der Waals surface area (Å²) in [6.07, 6.45) is 2.34. The average molecular weight is 264 g/mol. The van der Waals surface area contributed by atoms with E-state index in [1.165, 1.54) is 0 Å². The van der Waals surface area contributed by atoms with Gasteiger partial charge in [-0.05, 0) is 49.4 Å². The summed E-state index contributed by atoms with van der Waals surface area (Å²) in [7, 11) is 3.17. The molecule has 1 aliphatic carbocycles. The van der Waals surface area contributed by atoms with E-state index >= 15 is 0 Å². The Hall–Kier alpha value is -1.71. The van der Waals surface area contributed by atoms with Gasteiger partial charge in [0, 0.05) is 0 Å². The minimum atomic E-state index is -0.742. The summed E-state index contributed by atoms with van der Waals surface area (Å²) in [6.45, 7) is 3.89. The summed E-state index contributed by atoms with van der Waals surface area (Å²) in [5.41, 5.74) is 2.06. The fourth-order valence-electron chi connectivity index (χ4n) is 2.89. The fourth-order valence-corrected chi connectivity index (χ4v) is 2.89. The van der Waals surface area contributed by atoms with Crippen LogP contribution in [0.5, 0.6) is 11.5 Å². The van der Waals surface area contributed by atoms with E-state index in [0.29, 0.717) is 24.3 Å². The normalized spacial score (nSPS) is 16.6. The van der Waals surface area contributed by atoms with Gasteiger partial charge in [-0.1, -0.05) is 6.42 Å². The minimum absolute atomic E-state index is 0.605. The van der Waals surface area contributed by atoms with Crippen LogP contribution >= 0.6 is 0 Å². The number of benzene rings is 1. The van der Waals surface area contributed by atoms with Crippen molar-refractivity contribution in [3.05, 3.63) is 22.8 Å². The van der Waals surface area contributed by atoms with E-state index in [9.17, 15) is 9.90 Å². The van der Waals surface area contributed by atoms with E-state index in [1.807, 2.05) is 19.9 Å². The molecule has 1 saturated carbocycles. The SMILES string of the molecule is COc1cc(C2(C(=O)O)CCC2)c(C)c(C)c1OC. The van der Waals surface area contributed by atoms with Crippen molar-refractivity contribution in [3.63, 3.8) is 0 Å². The zero-order chi connectivity index (χ0) is 14.2. The van der Waals surface area contributed by atoms with Gasteiger partial charge in [0.2, 0.25) is 0 Å². The van der Waals surface area contributed by atoms with Crippen LogP contribution in [0.4, 0.5) is 0 Å². The van der Waals surface area contributed by atoms with Gasteiger partial charge in [0.1, 0.15) is 0 Å². The van der Waals surface area contributed by atoms with Crippen LogP contribution in [-0.4, -0.2) is 25.3 Å². The quantitative estimate of drug-likeness (QED) is 0.908. The molecule has 1 aromatic rings. The number of methoxy groups -OCH3 is 2. The van der Waals surface area contributed by atoms with Gasteiger partial charge in [0.25, 0.3) is 0 Å². The average Bonchev–Trinajstić information content (AvgIpc) is 2.32. The highest BCUT2D eigenvalue weighted by Crippen LogP contribution is 2.48. The van der Waals surface area contributed by atoms with Crippen molar-refractivity contribution in [2.24, 2.45) is 0 Å². The van der Waals surface area contributed by atoms with Crippen LogP contribution in [0.25, 0.3) is 0 Å². The van der Waals surface area contributed by atoms with Crippen LogP contribution in [0.15, 0.2) is 6.07 Å². The molecule has 0 atom stereocenters. The van der Waals surface area contributed by atoms with E-state index in [0.717, 1.165) is 23.1 Å². The van der Waals surface area contributed by atoms with Crippen molar-refractivity contribution >= 4 is 5.97 Å². The first kappa shape index (κ1) is 13.7. The summed E-state index contributed by atoms with van der Waals surface area (Å²) in [6, 6.07) is 1.83. The molecule has 0 heterocycles. The van der Waals surface area contributed by atoms with E-state index in [1.54, 1.807) is 14.2 Å². The highest BCUT2D eigenvalue weighted by molar-refractivity contribution is 5.84. The zero-order valence-electron chi connectivity index (χ0n) is 11.9. The lowest BCUT2D eigenvalue weighted by Gasteiger charge is -2.39. The zero-order valence-corrected chi connectivity index (χ0v) is 11.9. The number of ether oxygens (including phenoxy) is 2. The molecule has 104 valence electrons. The molecule has 1 aromatic carbocycles. The van der Waals surface area contributed by atoms with Gasteiger partial charge in [0.05, 0.1) is 19.6 Å². The Morgan fingerprint density at radius 3 is 2.21 bits per heavy atom. The van der Waals surface area contributed by atoms with Crippen LogP contribution in [0, 0.1) is 13.8 Å². The molecule has 0 bridgehead atoms. The first-order valence-corrected chi connectivity index (χ1v) is 6.44. The number of carboxylic acids is 1. The summed E-state index contributed by atoms with van der Waals surface area (Å²) in [4.78, 5) is 11.6. The number of carbonyl (C=O) groups is 1. The largest absolute Gasteiger partial charge is 0.493 e. The molecular weight excluding hydrogens is 244 g/mol. The standard InChI is InChI=1S/C15H20O4/c1-9-10(2)13(19-4)12(18-3)8-11(9)15(14(16)17)6-5-7-15/h8H,5-7H2,1-4H3,(H,16,17). The van der Waals surface area contributed by atoms with Crippen molar-refractivity contribution in [1.82, 2.24) is 0 Å². The van der Waals surface area contributed by atoms with Crippen LogP contribution in [0.3, 0.4) is 0 Å². The lowest BCUT2D eigenvalue weighted by atomic mass is 9.63. The Morgan fingerprint density at radius 2 is 1.84 bits per heavy atom. The first-order valence-electron chi connectivity index (χ1n) is 6.44. The molecule has 4 heteroatoms. The predicted molar refractivity (Wildman–Crippen MR) is 72.2 cm³/mol. The number of carboxylic acid groups (broad SMARTS) is 1. The smallest absolute Gasteiger partial charge is 0.314 e. The van der Waals surface area contributed by atoms with Crippen molar-refractivity contribution in [2.75, 3.05) is 14.2 Å². The Balaban J connectivity index is 2.65. The lowest BCUT2D eigenvalue weighted by molar-refractivity contribution is -0.147. The Bertz CT molecular complexity index is 515. The third-order valence-corrected chi connectivity index (χ3v) is 4.36. The van der Waals surface area contributed by atoms with Crippen molar-refractivity contribution < 1.29 is 19.4 Å². The molecule has 0 unspecified atom stereocenters. The fraction of sp³-hybridized carbons (Fsp3) is 0.533. The van der Waals surface area contributed by atoms with Gasteiger partial charge in [-0.15, -0.1) is 0 Å². The Labute approximate surface area is 113 Å². The predicted octanol–water partition coefficient (Wildman–Crippen LogP) is 2.83. The van der Waals surface area contributed by atoms with Crippen LogP contribution in [0.1, 0.15) is 36.0 Å². The molecule has 4 nitrogen and oxygen atoms in total. The molecule has 0 spiro atoms. The monoisotopic (exact) mass is 264 g/mol. The number of aliphatic carboxylic acids is 1. The van der Waals surface area contributed by atoms with Crippen molar-refractivity contribution in [1.29, 1.82) is 0 Å². The second-order valence-electron chi connectivity index (χ2n) is 5.15.